The number of imidazole rings is 1. The van der Waals surface area contributed by atoms with Crippen molar-refractivity contribution in [2.45, 2.75) is 49.7 Å². The second kappa shape index (κ2) is 14.3. The van der Waals surface area contributed by atoms with Crippen molar-refractivity contribution >= 4 is 32.7 Å². The van der Waals surface area contributed by atoms with E-state index in [4.69, 9.17) is 14.2 Å². The number of nitrogens with zero attached hydrogens (tertiary/aromatic N) is 5. The predicted octanol–water partition coefficient (Wildman–Crippen LogP) is 5.85. The molecule has 5 aromatic rings. The Balaban J connectivity index is 0.000000170. The lowest BCUT2D eigenvalue weighted by Crippen LogP contribution is -2.66. The third-order valence-electron chi connectivity index (χ3n) is 10.4. The molecule has 6 atom stereocenters. The largest absolute Gasteiger partial charge is 0.497 e. The van der Waals surface area contributed by atoms with Crippen LogP contribution >= 0.6 is 0 Å². The summed E-state index contributed by atoms with van der Waals surface area (Å²) in [4.78, 5) is 17.5. The summed E-state index contributed by atoms with van der Waals surface area (Å²) in [5.74, 6) is 3.74. The van der Waals surface area contributed by atoms with E-state index in [0.29, 0.717) is 33.8 Å². The maximum atomic E-state index is 12.6. The normalized spacial score (nSPS) is 22.6. The van der Waals surface area contributed by atoms with Gasteiger partial charge in [-0.15, -0.1) is 6.58 Å². The van der Waals surface area contributed by atoms with Gasteiger partial charge in [-0.1, -0.05) is 12.1 Å². The van der Waals surface area contributed by atoms with Crippen LogP contribution in [-0.4, -0.2) is 76.3 Å². The van der Waals surface area contributed by atoms with E-state index >= 15 is 0 Å². The van der Waals surface area contributed by atoms with Crippen LogP contribution in [0.3, 0.4) is 0 Å². The maximum Gasteiger partial charge on any atom is 0.131 e. The van der Waals surface area contributed by atoms with E-state index in [1.807, 2.05) is 38.1 Å². The molecule has 10 nitrogen and oxygen atoms in total. The number of aliphatic hydroxyl groups excluding tert-OH is 1. The quantitative estimate of drug-likeness (QED) is 0.151. The molecule has 49 heavy (non-hydrogen) atoms. The molecule has 3 saturated heterocycles. The molecule has 0 aliphatic carbocycles. The number of ether oxygens (including phenoxy) is 3. The number of hydrogen-bond acceptors (Lipinski definition) is 8. The number of hydrogen-bond donors (Lipinski definition) is 1. The molecule has 0 spiro atoms. The number of rotatable bonds is 9. The standard InChI is InChI=1S/C21H27N2O2.C17H18N3O3S/c1-4-14-13-23(2)10-8-15(14)11-20(23)21(24)17-7-9-22-19-6-5-16(25-3)12-18(17)19;1-10-8-18-15(11(2)16(10)23-4)9-24(21)17-19-13-6-5-12(22-3)7-14(13)20-17/h4-7,9,12,14-15,20-21,24H,1,8,10-11,13H2,2-3H3;5-8H,9H2,1-4H3/q+1;-1/t14?,15?,20-,21+,23?;/m0./s1. The Bertz CT molecular complexity index is 2010. The molecule has 0 radical (unpaired) electrons. The number of aliphatic hydroxyl groups is 1. The molecule has 0 saturated carbocycles. The van der Waals surface area contributed by atoms with Crippen LogP contribution in [0.15, 0.2) is 72.7 Å². The molecule has 3 fully saturated rings. The molecule has 4 unspecified atom stereocenters. The Hall–Kier alpha value is -4.32. The first-order chi connectivity index (χ1) is 23.6. The second-order valence-electron chi connectivity index (χ2n) is 13.3. The van der Waals surface area contributed by atoms with Crippen LogP contribution in [0.25, 0.3) is 21.9 Å². The summed E-state index contributed by atoms with van der Waals surface area (Å²) in [5, 5.41) is 12.6. The molecule has 3 aliphatic heterocycles. The van der Waals surface area contributed by atoms with Gasteiger partial charge in [-0.2, -0.15) is 0 Å². The zero-order chi connectivity index (χ0) is 34.9. The Kier molecular flexibility index (Phi) is 10.1. The minimum Gasteiger partial charge on any atom is -0.497 e. The number of likely N-dealkylation sites (N-methyl/N-ethyl adjacent to an activating group) is 1. The van der Waals surface area contributed by atoms with E-state index in [-0.39, 0.29) is 11.8 Å². The van der Waals surface area contributed by atoms with Gasteiger partial charge in [0.1, 0.15) is 29.4 Å². The van der Waals surface area contributed by atoms with Crippen LogP contribution in [0.5, 0.6) is 17.2 Å². The van der Waals surface area contributed by atoms with Gasteiger partial charge in [0, 0.05) is 52.8 Å². The third kappa shape index (κ3) is 6.79. The van der Waals surface area contributed by atoms with Crippen molar-refractivity contribution in [3.05, 3.63) is 89.9 Å². The van der Waals surface area contributed by atoms with Crippen molar-refractivity contribution < 1.29 is 28.0 Å². The van der Waals surface area contributed by atoms with E-state index in [2.05, 4.69) is 39.6 Å². The van der Waals surface area contributed by atoms with E-state index in [1.54, 1.807) is 51.9 Å². The van der Waals surface area contributed by atoms with Crippen LogP contribution in [0.1, 0.15) is 41.3 Å². The molecule has 6 heterocycles. The first kappa shape index (κ1) is 34.5. The summed E-state index contributed by atoms with van der Waals surface area (Å²) in [6.45, 7) is 10.1. The van der Waals surface area contributed by atoms with Crippen molar-refractivity contribution in [1.29, 1.82) is 0 Å². The van der Waals surface area contributed by atoms with E-state index in [0.717, 1.165) is 68.8 Å². The zero-order valence-electron chi connectivity index (χ0n) is 29.1. The van der Waals surface area contributed by atoms with Gasteiger partial charge in [-0.05, 0) is 72.8 Å². The summed E-state index contributed by atoms with van der Waals surface area (Å²) >= 11 is 0. The first-order valence-electron chi connectivity index (χ1n) is 16.5. The van der Waals surface area contributed by atoms with E-state index < -0.39 is 16.9 Å². The molecular formula is C38H45N5O5S. The van der Waals surface area contributed by atoms with Gasteiger partial charge in [0.15, 0.2) is 0 Å². The highest BCUT2D eigenvalue weighted by molar-refractivity contribution is 7.84. The fourth-order valence-corrected chi connectivity index (χ4v) is 8.65. The molecular weight excluding hydrogens is 639 g/mol. The molecule has 0 amide bonds. The van der Waals surface area contributed by atoms with Gasteiger partial charge in [0.25, 0.3) is 0 Å². The van der Waals surface area contributed by atoms with Crippen LogP contribution < -0.4 is 19.2 Å². The van der Waals surface area contributed by atoms with Gasteiger partial charge in [-0.3, -0.25) is 14.2 Å². The monoisotopic (exact) mass is 683 g/mol. The molecule has 8 rings (SSSR count). The highest BCUT2D eigenvalue weighted by Gasteiger charge is 2.51. The fourth-order valence-electron chi connectivity index (χ4n) is 7.58. The van der Waals surface area contributed by atoms with Gasteiger partial charge >= 0.3 is 0 Å². The average Bonchev–Trinajstić information content (AvgIpc) is 3.56. The third-order valence-corrected chi connectivity index (χ3v) is 11.5. The Morgan fingerprint density at radius 1 is 1.06 bits per heavy atom. The Morgan fingerprint density at radius 2 is 1.82 bits per heavy atom. The van der Waals surface area contributed by atoms with E-state index in [9.17, 15) is 9.32 Å². The molecule has 2 aromatic carbocycles. The number of benzene rings is 2. The molecule has 3 aliphatic rings. The van der Waals surface area contributed by atoms with Crippen molar-refractivity contribution in [3.63, 3.8) is 0 Å². The van der Waals surface area contributed by atoms with Crippen molar-refractivity contribution in [3.8, 4) is 17.2 Å². The van der Waals surface area contributed by atoms with Gasteiger partial charge < -0.3 is 33.8 Å². The highest BCUT2D eigenvalue weighted by Crippen LogP contribution is 2.46. The molecule has 3 aromatic heterocycles. The summed E-state index contributed by atoms with van der Waals surface area (Å²) in [5.41, 5.74) is 5.81. The number of piperidine rings is 3. The lowest BCUT2D eigenvalue weighted by atomic mass is 9.72. The molecule has 258 valence electrons. The second-order valence-corrected chi connectivity index (χ2v) is 14.6. The van der Waals surface area contributed by atoms with Crippen LogP contribution in [0.2, 0.25) is 0 Å². The predicted molar refractivity (Wildman–Crippen MR) is 191 cm³/mol. The Morgan fingerprint density at radius 3 is 2.53 bits per heavy atom. The fraction of sp³-hybridized carbons (Fsp3) is 0.395. The van der Waals surface area contributed by atoms with E-state index in [1.165, 1.54) is 6.42 Å². The van der Waals surface area contributed by atoms with Crippen LogP contribution in [0.4, 0.5) is 0 Å². The highest BCUT2D eigenvalue weighted by atomic mass is 32.2. The van der Waals surface area contributed by atoms with Gasteiger partial charge in [0.05, 0.1) is 69.2 Å². The number of fused-ring (bicyclic) bond motifs is 5. The number of aryl methyl sites for hydroxylation is 1. The topological polar surface area (TPSA) is 118 Å². The lowest BCUT2D eigenvalue weighted by molar-refractivity contribution is -0.956. The SMILES string of the molecule is C=CC1C[N+]2(C)CCC1C[C@H]2[C@H](O)c1ccnc2ccc(OC)cc12.COc1ccc2[n-]c(S(=O)Cc3ncc(C)c(OC)c3C)nc2c1. The maximum absolute atomic E-state index is 12.6. The van der Waals surface area contributed by atoms with Gasteiger partial charge in [-0.25, -0.2) is 0 Å². The van der Waals surface area contributed by atoms with Crippen LogP contribution in [-0.2, 0) is 16.6 Å². The number of methoxy groups -OCH3 is 3. The zero-order valence-corrected chi connectivity index (χ0v) is 29.9. The molecule has 11 heteroatoms. The number of pyridine rings is 2. The number of aromatic nitrogens is 4. The summed E-state index contributed by atoms with van der Waals surface area (Å²) in [6.07, 6.45) is 7.46. The van der Waals surface area contributed by atoms with Crippen molar-refractivity contribution in [2.75, 3.05) is 41.5 Å². The van der Waals surface area contributed by atoms with Gasteiger partial charge in [0.2, 0.25) is 0 Å². The molecule has 2 bridgehead atoms. The average molecular weight is 684 g/mol. The summed E-state index contributed by atoms with van der Waals surface area (Å²) in [7, 11) is 5.79. The first-order valence-corrected chi connectivity index (χ1v) is 17.8. The Labute approximate surface area is 290 Å². The smallest absolute Gasteiger partial charge is 0.131 e. The minimum atomic E-state index is -1.38. The summed E-state index contributed by atoms with van der Waals surface area (Å²) < 4.78 is 29.5. The summed E-state index contributed by atoms with van der Waals surface area (Å²) in [6, 6.07) is 13.5. The van der Waals surface area contributed by atoms with Crippen molar-refractivity contribution in [1.82, 2.24) is 19.9 Å². The number of quaternary nitrogens is 1. The van der Waals surface area contributed by atoms with Crippen molar-refractivity contribution in [2.24, 2.45) is 11.8 Å². The van der Waals surface area contributed by atoms with Crippen LogP contribution in [0, 0.1) is 25.7 Å². The lowest BCUT2D eigenvalue weighted by Gasteiger charge is -2.56. The minimum absolute atomic E-state index is 0.228. The molecule has 1 N–H and O–H groups in total.